The molecular weight excluding hydrogens is 1280 g/mol. The lowest BCUT2D eigenvalue weighted by molar-refractivity contribution is -0.135. The summed E-state index contributed by atoms with van der Waals surface area (Å²) < 4.78 is 55.2. The van der Waals surface area contributed by atoms with E-state index in [1.165, 1.54) is 65.7 Å². The summed E-state index contributed by atoms with van der Waals surface area (Å²) in [6.07, 6.45) is 4.70. The first-order chi connectivity index (χ1) is 46.4. The van der Waals surface area contributed by atoms with Crippen molar-refractivity contribution in [2.75, 3.05) is 138 Å². The van der Waals surface area contributed by atoms with Gasteiger partial charge >= 0.3 is 12.1 Å². The predicted molar refractivity (Wildman–Crippen MR) is 368 cm³/mol. The number of hydrogen-bond donors (Lipinski definition) is 6. The van der Waals surface area contributed by atoms with Crippen molar-refractivity contribution in [2.24, 2.45) is 0 Å². The Bertz CT molecular complexity index is 4350. The maximum atomic E-state index is 15.2. The molecule has 502 valence electrons. The van der Waals surface area contributed by atoms with E-state index in [1.54, 1.807) is 26.4 Å². The minimum atomic E-state index is -0.891. The number of benzene rings is 6. The molecule has 6 N–H and O–H groups in total. The van der Waals surface area contributed by atoms with Crippen molar-refractivity contribution in [3.8, 4) is 23.0 Å². The molecule has 6 aromatic carbocycles. The molecule has 0 aliphatic carbocycles. The third kappa shape index (κ3) is 18.2. The number of carbonyl (C=O) groups is 4. The van der Waals surface area contributed by atoms with Crippen LogP contribution in [0.1, 0.15) is 26.7 Å². The van der Waals surface area contributed by atoms with E-state index >= 15 is 4.39 Å². The summed E-state index contributed by atoms with van der Waals surface area (Å²) >= 11 is 2.34. The van der Waals surface area contributed by atoms with Crippen molar-refractivity contribution in [3.63, 3.8) is 0 Å². The molecule has 4 aromatic heterocycles. The molecule has 4 amide bonds. The molecule has 30 heteroatoms. The highest BCUT2D eigenvalue weighted by Crippen LogP contribution is 2.39. The normalized spacial score (nSPS) is 13.6. The number of fused-ring (bicyclic) bond motifs is 4. The Kier molecular flexibility index (Phi) is 23.1. The lowest BCUT2D eigenvalue weighted by Crippen LogP contribution is -2.54. The van der Waals surface area contributed by atoms with Gasteiger partial charge in [-0.05, 0) is 118 Å². The number of hydrogen-bond acceptors (Lipinski definition) is 22. The molecule has 0 unspecified atom stereocenters. The van der Waals surface area contributed by atoms with E-state index in [4.69, 9.17) is 48.7 Å². The second kappa shape index (κ2) is 32.3. The fourth-order valence-electron chi connectivity index (χ4n) is 10.5. The van der Waals surface area contributed by atoms with Gasteiger partial charge in [-0.1, -0.05) is 28.7 Å². The van der Waals surface area contributed by atoms with Crippen molar-refractivity contribution < 1.29 is 57.1 Å². The Morgan fingerprint density at radius 2 is 0.958 bits per heavy atom. The van der Waals surface area contributed by atoms with E-state index in [1.807, 2.05) is 48.5 Å². The van der Waals surface area contributed by atoms with Gasteiger partial charge in [-0.25, -0.2) is 48.3 Å². The van der Waals surface area contributed by atoms with E-state index < -0.39 is 35.6 Å². The Morgan fingerprint density at radius 3 is 1.39 bits per heavy atom. The molecule has 0 bridgehead atoms. The molecule has 2 aliphatic rings. The topological polar surface area (TPSA) is 291 Å². The molecule has 6 heterocycles. The van der Waals surface area contributed by atoms with Crippen molar-refractivity contribution >= 4 is 134 Å². The number of carboxylic acids is 2. The van der Waals surface area contributed by atoms with Crippen LogP contribution < -0.4 is 50.2 Å². The maximum Gasteiger partial charge on any atom is 0.347 e. The van der Waals surface area contributed by atoms with Crippen LogP contribution in [0.3, 0.4) is 0 Å². The van der Waals surface area contributed by atoms with E-state index in [0.717, 1.165) is 120 Å². The summed E-state index contributed by atoms with van der Waals surface area (Å²) in [5.74, 6) is 0.385. The summed E-state index contributed by atoms with van der Waals surface area (Å²) in [4.78, 5) is 84.9. The van der Waals surface area contributed by atoms with Gasteiger partial charge in [0.2, 0.25) is 0 Å². The van der Waals surface area contributed by atoms with Crippen molar-refractivity contribution in [1.29, 1.82) is 0 Å². The van der Waals surface area contributed by atoms with E-state index in [-0.39, 0.29) is 21.6 Å². The number of aromatic nitrogens is 6. The van der Waals surface area contributed by atoms with Crippen LogP contribution in [0.5, 0.6) is 23.0 Å². The average molecular weight is 1350 g/mol. The van der Waals surface area contributed by atoms with Gasteiger partial charge in [-0.15, -0.1) is 0 Å². The average Bonchev–Trinajstić information content (AvgIpc) is 1.13. The first-order valence-corrected chi connectivity index (χ1v) is 32.2. The number of methoxy groups -OCH3 is 2. The number of nitrogens with zero attached hydrogens (tertiary/aromatic N) is 12. The number of ether oxygens (including phenoxy) is 4. The highest BCUT2D eigenvalue weighted by atomic mass is 32.1. The third-order valence-corrected chi connectivity index (χ3v) is 17.1. The summed E-state index contributed by atoms with van der Waals surface area (Å²) in [6, 6.07) is 26.7. The summed E-state index contributed by atoms with van der Waals surface area (Å²) in [6.45, 7) is 13.5. The molecule has 10 aromatic rings. The largest absolute Gasteiger partial charge is 0.493 e. The van der Waals surface area contributed by atoms with Gasteiger partial charge < -0.3 is 59.4 Å². The number of nitrogens with one attached hydrogen (secondary N) is 4. The number of halogens is 2. The SMILES string of the molecule is CC(=O)O.CC(=O)O.COc1cc2c(Nc3ccc4nc(NC(=O)N(c5ccc(F)cc5)N(C(=O)Nc5nc6ccc(Nc7ncnc8cc(OCCCN9CCN(C)CC9)c(OC)cc78)cc6s5)c5cccc(F)c5)sc4c3)ncnc2cc1OCCCN1CCN(C)CC1. The summed E-state index contributed by atoms with van der Waals surface area (Å²) in [5.41, 5.74) is 3.80. The zero-order valence-electron chi connectivity index (χ0n) is 53.5. The van der Waals surface area contributed by atoms with E-state index in [2.05, 4.69) is 74.9 Å². The first-order valence-electron chi connectivity index (χ1n) is 30.6. The number of aliphatic carboxylic acids is 2. The second-order valence-electron chi connectivity index (χ2n) is 22.3. The number of rotatable bonds is 20. The summed E-state index contributed by atoms with van der Waals surface area (Å²) in [7, 11) is 7.49. The molecule has 0 spiro atoms. The molecule has 2 fully saturated rings. The first kappa shape index (κ1) is 68.6. The van der Waals surface area contributed by atoms with Gasteiger partial charge in [0.25, 0.3) is 11.9 Å². The van der Waals surface area contributed by atoms with Crippen LogP contribution in [0.15, 0.2) is 122 Å². The fraction of sp³-hybridized carbons (Fsp3) is 0.303. The molecule has 0 saturated carbocycles. The predicted octanol–water partition coefficient (Wildman–Crippen LogP) is 11.5. The Labute approximate surface area is 559 Å². The Morgan fingerprint density at radius 1 is 0.521 bits per heavy atom. The highest BCUT2D eigenvalue weighted by molar-refractivity contribution is 7.22. The van der Waals surface area contributed by atoms with Gasteiger partial charge in [-0.3, -0.25) is 20.2 Å². The van der Waals surface area contributed by atoms with Crippen LogP contribution in [0.25, 0.3) is 42.2 Å². The van der Waals surface area contributed by atoms with E-state index in [9.17, 15) is 14.0 Å². The zero-order valence-corrected chi connectivity index (χ0v) is 55.2. The number of anilines is 8. The third-order valence-electron chi connectivity index (χ3n) is 15.2. The van der Waals surface area contributed by atoms with Crippen LogP contribution in [0.4, 0.5) is 63.0 Å². The van der Waals surface area contributed by atoms with Gasteiger partial charge in [0.05, 0.1) is 70.3 Å². The number of piperazine rings is 2. The summed E-state index contributed by atoms with van der Waals surface area (Å²) in [5, 5.41) is 31.0. The van der Waals surface area contributed by atoms with Gasteiger partial charge in [0.1, 0.15) is 35.9 Å². The molecule has 2 aliphatic heterocycles. The maximum absolute atomic E-state index is 15.2. The quantitative estimate of drug-likeness (QED) is 0.0305. The number of amides is 4. The van der Waals surface area contributed by atoms with Crippen molar-refractivity contribution in [1.82, 2.24) is 49.5 Å². The van der Waals surface area contributed by atoms with Crippen LogP contribution >= 0.6 is 22.7 Å². The highest BCUT2D eigenvalue weighted by Gasteiger charge is 2.32. The van der Waals surface area contributed by atoms with Gasteiger partial charge in [-0.2, -0.15) is 10.0 Å². The standard InChI is InChI=1S/C62H64F2N16O6S2.2C2H4O2/c1-75-20-24-77(25-21-75)18-6-28-85-53-35-49-45(33-51(53)83-3)57(67-37-65-49)69-41-12-16-47-55(31-41)87-59(71-47)73-61(81)79(43-14-10-39(63)11-15-43)80(44-9-5-8-40(64)30-44)62(82)74-60-72-48-17-13-42(32-56(48)88-60)70-58-46-34-52(84-4)54(36-50(46)66-38-68-58)86-29-7-19-78-26-22-76(2)23-27-78;2*1-2(3)4/h5,8-17,30-38H,6-7,18-29H2,1-4H3,(H,65,67,69)(H,66,68,70)(H,71,73,81)(H,72,74,82);2*1H3,(H,3,4). The number of carboxylic acid groups (broad SMARTS) is 2. The number of likely N-dealkylation sites (N-methyl/N-ethyl adjacent to an activating group) is 2. The van der Waals surface area contributed by atoms with E-state index in [0.29, 0.717) is 101 Å². The second-order valence-corrected chi connectivity index (χ2v) is 24.4. The lowest BCUT2D eigenvalue weighted by Gasteiger charge is -2.34. The molecule has 12 rings (SSSR count). The van der Waals surface area contributed by atoms with Crippen molar-refractivity contribution in [3.05, 3.63) is 133 Å². The Balaban J connectivity index is 0.00000119. The smallest absolute Gasteiger partial charge is 0.347 e. The minimum Gasteiger partial charge on any atom is -0.493 e. The zero-order chi connectivity index (χ0) is 67.8. The monoisotopic (exact) mass is 1350 g/mol. The molecule has 26 nitrogen and oxygen atoms in total. The molecule has 2 saturated heterocycles. The molecule has 96 heavy (non-hydrogen) atoms. The fourth-order valence-corrected chi connectivity index (χ4v) is 12.3. The number of urea groups is 2. The van der Waals surface area contributed by atoms with Crippen LogP contribution in [-0.2, 0) is 9.59 Å². The minimum absolute atomic E-state index is 0.0338. The Hall–Kier alpha value is -10.2. The van der Waals surface area contributed by atoms with Crippen LogP contribution in [0.2, 0.25) is 0 Å². The number of hydrazine groups is 1. The molecule has 0 atom stereocenters. The molecular formula is C66H72F2N16O10S2. The van der Waals surface area contributed by atoms with Crippen LogP contribution in [-0.4, -0.2) is 191 Å². The van der Waals surface area contributed by atoms with Crippen molar-refractivity contribution in [2.45, 2.75) is 26.7 Å². The van der Waals surface area contributed by atoms with Gasteiger partial charge in [0.15, 0.2) is 33.3 Å². The number of thiazole rings is 2. The molecule has 0 radical (unpaired) electrons. The van der Waals surface area contributed by atoms with Gasteiger partial charge in [0, 0.05) is 114 Å². The lowest BCUT2D eigenvalue weighted by atomic mass is 10.2. The number of carbonyl (C=O) groups excluding carboxylic acids is 2. The van der Waals surface area contributed by atoms with Crippen LogP contribution in [0, 0.1) is 11.6 Å².